The molecule has 0 N–H and O–H groups in total. The third-order valence-electron chi connectivity index (χ3n) is 2.13. The number of carbonyl (C=O) groups is 3. The zero-order valence-corrected chi connectivity index (χ0v) is 9.80. The third kappa shape index (κ3) is 3.24. The number of hydrogen-bond donors (Lipinski definition) is 0. The fourth-order valence-corrected chi connectivity index (χ4v) is 1.34. The number of nitrogens with zero attached hydrogens (tertiary/aromatic N) is 2. The number of rotatable bonds is 6. The summed E-state index contributed by atoms with van der Waals surface area (Å²) in [6.07, 6.45) is 0.996. The molecular formula is C11H14N2O4. The van der Waals surface area contributed by atoms with Crippen LogP contribution < -0.4 is 0 Å². The first-order valence-corrected chi connectivity index (χ1v) is 5.35. The quantitative estimate of drug-likeness (QED) is 0.314. The van der Waals surface area contributed by atoms with Crippen molar-refractivity contribution in [2.24, 2.45) is 0 Å². The van der Waals surface area contributed by atoms with Gasteiger partial charge in [0, 0.05) is 12.7 Å². The number of ether oxygens (including phenoxy) is 1. The molecule has 0 aliphatic heterocycles. The zero-order valence-electron chi connectivity index (χ0n) is 9.80. The van der Waals surface area contributed by atoms with Gasteiger partial charge in [0.1, 0.15) is 5.69 Å². The van der Waals surface area contributed by atoms with Gasteiger partial charge in [-0.25, -0.2) is 4.79 Å². The van der Waals surface area contributed by atoms with E-state index in [4.69, 9.17) is 0 Å². The molecule has 0 atom stereocenters. The molecule has 0 amide bonds. The van der Waals surface area contributed by atoms with Crippen molar-refractivity contribution in [3.63, 3.8) is 0 Å². The number of esters is 1. The molecule has 1 aromatic heterocycles. The minimum atomic E-state index is -0.969. The average molecular weight is 238 g/mol. The predicted octanol–water partition coefficient (Wildman–Crippen LogP) is 0.608. The molecule has 92 valence electrons. The van der Waals surface area contributed by atoms with E-state index in [1.54, 1.807) is 6.92 Å². The van der Waals surface area contributed by atoms with Gasteiger partial charge in [-0.3, -0.25) is 14.3 Å². The molecule has 6 heteroatoms. The number of aryl methyl sites for hydroxylation is 1. The largest absolute Gasteiger partial charge is 0.460 e. The SMILES string of the molecule is CCOC(=O)C(=O)CC(=O)c1ccnn1CC. The van der Waals surface area contributed by atoms with E-state index in [1.807, 2.05) is 6.92 Å². The number of carbonyl (C=O) groups excluding carboxylic acids is 3. The highest BCUT2D eigenvalue weighted by molar-refractivity contribution is 6.38. The second-order valence-electron chi connectivity index (χ2n) is 3.28. The zero-order chi connectivity index (χ0) is 12.8. The van der Waals surface area contributed by atoms with Crippen LogP contribution in [0.25, 0.3) is 0 Å². The Kier molecular flexibility index (Phi) is 4.56. The average Bonchev–Trinajstić information content (AvgIpc) is 2.77. The highest BCUT2D eigenvalue weighted by atomic mass is 16.5. The Hall–Kier alpha value is -1.98. The summed E-state index contributed by atoms with van der Waals surface area (Å²) in [6.45, 7) is 4.07. The van der Waals surface area contributed by atoms with Gasteiger partial charge >= 0.3 is 5.97 Å². The van der Waals surface area contributed by atoms with Gasteiger partial charge < -0.3 is 4.74 Å². The standard InChI is InChI=1S/C11H14N2O4/c1-3-13-8(5-6-12-13)9(14)7-10(15)11(16)17-4-2/h5-6H,3-4,7H2,1-2H3. The molecule has 0 aliphatic carbocycles. The van der Waals surface area contributed by atoms with Gasteiger partial charge in [-0.1, -0.05) is 0 Å². The highest BCUT2D eigenvalue weighted by Gasteiger charge is 2.21. The van der Waals surface area contributed by atoms with Gasteiger partial charge in [-0.05, 0) is 19.9 Å². The van der Waals surface area contributed by atoms with Crippen LogP contribution in [0.1, 0.15) is 30.8 Å². The van der Waals surface area contributed by atoms with E-state index in [1.165, 1.54) is 16.9 Å². The molecule has 6 nitrogen and oxygen atoms in total. The molecule has 1 rings (SSSR count). The molecule has 0 aliphatic rings. The Morgan fingerprint density at radius 3 is 2.65 bits per heavy atom. The van der Waals surface area contributed by atoms with Gasteiger partial charge in [-0.15, -0.1) is 0 Å². The van der Waals surface area contributed by atoms with Crippen molar-refractivity contribution in [1.82, 2.24) is 9.78 Å². The maximum Gasteiger partial charge on any atom is 0.375 e. The van der Waals surface area contributed by atoms with Crippen LogP contribution in [0.2, 0.25) is 0 Å². The summed E-state index contributed by atoms with van der Waals surface area (Å²) in [5.74, 6) is -2.23. The van der Waals surface area contributed by atoms with E-state index in [9.17, 15) is 14.4 Å². The van der Waals surface area contributed by atoms with E-state index in [0.717, 1.165) is 0 Å². The topological polar surface area (TPSA) is 78.3 Å². The monoisotopic (exact) mass is 238 g/mol. The fraction of sp³-hybridized carbons (Fsp3) is 0.455. The normalized spacial score (nSPS) is 10.0. The van der Waals surface area contributed by atoms with E-state index >= 15 is 0 Å². The predicted molar refractivity (Wildman–Crippen MR) is 58.5 cm³/mol. The first-order valence-electron chi connectivity index (χ1n) is 5.35. The van der Waals surface area contributed by atoms with Gasteiger partial charge in [0.25, 0.3) is 0 Å². The van der Waals surface area contributed by atoms with Crippen molar-refractivity contribution < 1.29 is 19.1 Å². The third-order valence-corrected chi connectivity index (χ3v) is 2.13. The van der Waals surface area contributed by atoms with Crippen molar-refractivity contribution >= 4 is 17.5 Å². The van der Waals surface area contributed by atoms with Crippen LogP contribution in [-0.2, 0) is 20.9 Å². The smallest absolute Gasteiger partial charge is 0.375 e. The van der Waals surface area contributed by atoms with Gasteiger partial charge in [0.15, 0.2) is 5.78 Å². The van der Waals surface area contributed by atoms with E-state index in [-0.39, 0.29) is 6.61 Å². The minimum absolute atomic E-state index is 0.117. The van der Waals surface area contributed by atoms with Crippen molar-refractivity contribution in [1.29, 1.82) is 0 Å². The fourth-order valence-electron chi connectivity index (χ4n) is 1.34. The summed E-state index contributed by atoms with van der Waals surface area (Å²) in [7, 11) is 0. The summed E-state index contributed by atoms with van der Waals surface area (Å²) in [6, 6.07) is 1.52. The number of hydrogen-bond acceptors (Lipinski definition) is 5. The van der Waals surface area contributed by atoms with Crippen LogP contribution in [-0.4, -0.2) is 33.9 Å². The molecule has 0 bridgehead atoms. The van der Waals surface area contributed by atoms with Crippen LogP contribution >= 0.6 is 0 Å². The van der Waals surface area contributed by atoms with E-state index in [0.29, 0.717) is 12.2 Å². The lowest BCUT2D eigenvalue weighted by molar-refractivity contribution is -0.153. The van der Waals surface area contributed by atoms with Gasteiger partial charge in [0.05, 0.1) is 13.0 Å². The molecule has 0 spiro atoms. The molecule has 1 heterocycles. The van der Waals surface area contributed by atoms with Gasteiger partial charge in [0.2, 0.25) is 5.78 Å². The van der Waals surface area contributed by atoms with Crippen molar-refractivity contribution in [3.8, 4) is 0 Å². The summed E-state index contributed by atoms with van der Waals surface area (Å²) in [4.78, 5) is 34.1. The van der Waals surface area contributed by atoms with Crippen LogP contribution in [0, 0.1) is 0 Å². The Bertz CT molecular complexity index is 436. The Balaban J connectivity index is 2.67. The Morgan fingerprint density at radius 2 is 2.06 bits per heavy atom. The maximum absolute atomic E-state index is 11.7. The second-order valence-corrected chi connectivity index (χ2v) is 3.28. The molecular weight excluding hydrogens is 224 g/mol. The van der Waals surface area contributed by atoms with Crippen molar-refractivity contribution in [2.45, 2.75) is 26.8 Å². The first kappa shape index (κ1) is 13.1. The lowest BCUT2D eigenvalue weighted by Gasteiger charge is -2.03. The molecule has 0 saturated heterocycles. The van der Waals surface area contributed by atoms with Gasteiger partial charge in [-0.2, -0.15) is 5.10 Å². The molecule has 0 radical (unpaired) electrons. The first-order chi connectivity index (χ1) is 8.10. The molecule has 0 saturated carbocycles. The maximum atomic E-state index is 11.7. The molecule has 0 aromatic carbocycles. The number of Topliss-reactive ketones (excluding diaryl/α,β-unsaturated/α-hetero) is 2. The summed E-state index contributed by atoms with van der Waals surface area (Å²) in [5, 5.41) is 3.91. The summed E-state index contributed by atoms with van der Waals surface area (Å²) >= 11 is 0. The van der Waals surface area contributed by atoms with Crippen LogP contribution in [0.5, 0.6) is 0 Å². The van der Waals surface area contributed by atoms with E-state index < -0.39 is 24.0 Å². The Morgan fingerprint density at radius 1 is 1.35 bits per heavy atom. The summed E-state index contributed by atoms with van der Waals surface area (Å²) < 4.78 is 5.99. The molecule has 1 aromatic rings. The summed E-state index contributed by atoms with van der Waals surface area (Å²) in [5.41, 5.74) is 0.324. The lowest BCUT2D eigenvalue weighted by Crippen LogP contribution is -2.22. The molecule has 0 unspecified atom stereocenters. The Labute approximate surface area is 98.6 Å². The minimum Gasteiger partial charge on any atom is -0.460 e. The highest BCUT2D eigenvalue weighted by Crippen LogP contribution is 2.04. The van der Waals surface area contributed by atoms with Crippen LogP contribution in [0.4, 0.5) is 0 Å². The molecule has 0 fully saturated rings. The van der Waals surface area contributed by atoms with Crippen molar-refractivity contribution in [3.05, 3.63) is 18.0 Å². The number of aromatic nitrogens is 2. The van der Waals surface area contributed by atoms with E-state index in [2.05, 4.69) is 9.84 Å². The van der Waals surface area contributed by atoms with Crippen LogP contribution in [0.3, 0.4) is 0 Å². The lowest BCUT2D eigenvalue weighted by atomic mass is 10.1. The van der Waals surface area contributed by atoms with Crippen LogP contribution in [0.15, 0.2) is 12.3 Å². The number of ketones is 2. The second kappa shape index (κ2) is 5.93. The molecule has 17 heavy (non-hydrogen) atoms. The van der Waals surface area contributed by atoms with Crippen molar-refractivity contribution in [2.75, 3.05) is 6.61 Å².